The summed E-state index contributed by atoms with van der Waals surface area (Å²) in [5.74, 6) is 1.29. The molecule has 0 aliphatic heterocycles. The van der Waals surface area contributed by atoms with Crippen molar-refractivity contribution in [2.24, 2.45) is 5.73 Å². The molecule has 0 aliphatic rings. The largest absolute Gasteiger partial charge is 0.493 e. The van der Waals surface area contributed by atoms with E-state index in [2.05, 4.69) is 0 Å². The maximum absolute atomic E-state index is 12.4. The van der Waals surface area contributed by atoms with Gasteiger partial charge in [0.2, 0.25) is 0 Å². The first kappa shape index (κ1) is 15.7. The van der Waals surface area contributed by atoms with Gasteiger partial charge in [-0.15, -0.1) is 12.4 Å². The second-order valence-corrected chi connectivity index (χ2v) is 3.34. The predicted molar refractivity (Wildman–Crippen MR) is 68.7 cm³/mol. The number of benzene rings is 1. The van der Waals surface area contributed by atoms with E-state index in [1.807, 2.05) is 12.1 Å². The highest BCUT2D eigenvalue weighted by Gasteiger charge is 2.05. The molecule has 0 atom stereocenters. The molecular formula is C12H17ClFNO2. The molecule has 96 valence electrons. The summed E-state index contributed by atoms with van der Waals surface area (Å²) in [7, 11) is 3.14. The molecule has 0 aliphatic carbocycles. The van der Waals surface area contributed by atoms with Gasteiger partial charge in [-0.3, -0.25) is 0 Å². The van der Waals surface area contributed by atoms with Crippen LogP contribution in [0.25, 0.3) is 0 Å². The van der Waals surface area contributed by atoms with Crippen molar-refractivity contribution in [1.29, 1.82) is 0 Å². The molecule has 1 aromatic carbocycles. The molecule has 17 heavy (non-hydrogen) atoms. The van der Waals surface area contributed by atoms with Gasteiger partial charge in [0.15, 0.2) is 11.5 Å². The lowest BCUT2D eigenvalue weighted by atomic mass is 10.1. The molecule has 0 saturated carbocycles. The van der Waals surface area contributed by atoms with Gasteiger partial charge in [0.1, 0.15) is 0 Å². The Balaban J connectivity index is 0.00000256. The predicted octanol–water partition coefficient (Wildman–Crippen LogP) is 2.48. The SMILES string of the molecule is COc1ccc(CC(=CF)CN)cc1OC.Cl. The van der Waals surface area contributed by atoms with E-state index in [1.165, 1.54) is 0 Å². The van der Waals surface area contributed by atoms with Crippen molar-refractivity contribution in [3.63, 3.8) is 0 Å². The summed E-state index contributed by atoms with van der Waals surface area (Å²) in [5.41, 5.74) is 6.88. The van der Waals surface area contributed by atoms with Crippen LogP contribution in [0.15, 0.2) is 30.1 Å². The minimum atomic E-state index is 0. The summed E-state index contributed by atoms with van der Waals surface area (Å²) in [6.45, 7) is 0.213. The summed E-state index contributed by atoms with van der Waals surface area (Å²) in [4.78, 5) is 0. The monoisotopic (exact) mass is 261 g/mol. The maximum atomic E-state index is 12.4. The number of methoxy groups -OCH3 is 2. The van der Waals surface area contributed by atoms with Crippen LogP contribution in [-0.2, 0) is 6.42 Å². The van der Waals surface area contributed by atoms with Gasteiger partial charge in [0, 0.05) is 6.54 Å². The average Bonchev–Trinajstić information content (AvgIpc) is 2.35. The van der Waals surface area contributed by atoms with Crippen molar-refractivity contribution in [3.8, 4) is 11.5 Å². The first-order chi connectivity index (χ1) is 7.74. The van der Waals surface area contributed by atoms with Crippen molar-refractivity contribution < 1.29 is 13.9 Å². The summed E-state index contributed by atoms with van der Waals surface area (Å²) >= 11 is 0. The Morgan fingerprint density at radius 1 is 1.29 bits per heavy atom. The number of ether oxygens (including phenoxy) is 2. The van der Waals surface area contributed by atoms with E-state index in [-0.39, 0.29) is 19.0 Å². The van der Waals surface area contributed by atoms with Crippen LogP contribution in [0.3, 0.4) is 0 Å². The average molecular weight is 262 g/mol. The van der Waals surface area contributed by atoms with Gasteiger partial charge in [-0.1, -0.05) is 6.07 Å². The third-order valence-corrected chi connectivity index (χ3v) is 2.30. The summed E-state index contributed by atoms with van der Waals surface area (Å²) < 4.78 is 22.6. The zero-order valence-electron chi connectivity index (χ0n) is 9.90. The van der Waals surface area contributed by atoms with Crippen LogP contribution >= 0.6 is 12.4 Å². The van der Waals surface area contributed by atoms with Gasteiger partial charge >= 0.3 is 0 Å². The van der Waals surface area contributed by atoms with Gasteiger partial charge in [0.05, 0.1) is 20.5 Å². The fourth-order valence-electron chi connectivity index (χ4n) is 1.41. The minimum absolute atomic E-state index is 0. The van der Waals surface area contributed by atoms with Crippen molar-refractivity contribution in [3.05, 3.63) is 35.7 Å². The highest BCUT2D eigenvalue weighted by Crippen LogP contribution is 2.28. The van der Waals surface area contributed by atoms with Gasteiger partial charge in [-0.05, 0) is 29.7 Å². The van der Waals surface area contributed by atoms with E-state index < -0.39 is 0 Å². The Morgan fingerprint density at radius 3 is 2.41 bits per heavy atom. The molecule has 0 aromatic heterocycles. The second kappa shape index (κ2) is 7.92. The third kappa shape index (κ3) is 4.24. The van der Waals surface area contributed by atoms with E-state index in [0.717, 1.165) is 5.56 Å². The molecule has 0 unspecified atom stereocenters. The lowest BCUT2D eigenvalue weighted by Crippen LogP contribution is -2.05. The first-order valence-electron chi connectivity index (χ1n) is 4.94. The summed E-state index contributed by atoms with van der Waals surface area (Å²) in [5, 5.41) is 0. The van der Waals surface area contributed by atoms with Crippen LogP contribution in [0, 0.1) is 0 Å². The van der Waals surface area contributed by atoms with Gasteiger partial charge < -0.3 is 15.2 Å². The van der Waals surface area contributed by atoms with Crippen LogP contribution in [0.2, 0.25) is 0 Å². The Labute approximate surface area is 107 Å². The quantitative estimate of drug-likeness (QED) is 0.886. The molecule has 0 spiro atoms. The Bertz CT molecular complexity index is 383. The van der Waals surface area contributed by atoms with E-state index in [1.54, 1.807) is 20.3 Å². The molecule has 0 fully saturated rings. The van der Waals surface area contributed by atoms with Gasteiger partial charge in [-0.25, -0.2) is 4.39 Å². The zero-order chi connectivity index (χ0) is 12.0. The fourth-order valence-corrected chi connectivity index (χ4v) is 1.41. The molecule has 0 radical (unpaired) electrons. The number of rotatable bonds is 5. The number of hydrogen-bond donors (Lipinski definition) is 1. The smallest absolute Gasteiger partial charge is 0.160 e. The van der Waals surface area contributed by atoms with E-state index in [9.17, 15) is 4.39 Å². The van der Waals surface area contributed by atoms with Crippen molar-refractivity contribution in [2.45, 2.75) is 6.42 Å². The normalized spacial score (nSPS) is 10.7. The molecule has 2 N–H and O–H groups in total. The van der Waals surface area contributed by atoms with Crippen LogP contribution < -0.4 is 15.2 Å². The molecule has 5 heteroatoms. The Hall–Kier alpha value is -1.26. The van der Waals surface area contributed by atoms with Crippen LogP contribution in [0.5, 0.6) is 11.5 Å². The second-order valence-electron chi connectivity index (χ2n) is 3.34. The van der Waals surface area contributed by atoms with Gasteiger partial charge in [-0.2, -0.15) is 0 Å². The highest BCUT2D eigenvalue weighted by atomic mass is 35.5. The molecule has 0 bridgehead atoms. The standard InChI is InChI=1S/C12H16FNO2.ClH/c1-15-11-4-3-9(6-12(11)16-2)5-10(7-13)8-14;/h3-4,6-7H,5,8,14H2,1-2H3;1H. The van der Waals surface area contributed by atoms with Crippen molar-refractivity contribution >= 4 is 12.4 Å². The maximum Gasteiger partial charge on any atom is 0.160 e. The molecule has 1 aromatic rings. The van der Waals surface area contributed by atoms with E-state index in [0.29, 0.717) is 29.8 Å². The Kier molecular flexibility index (Phi) is 7.34. The van der Waals surface area contributed by atoms with E-state index in [4.69, 9.17) is 15.2 Å². The van der Waals surface area contributed by atoms with E-state index >= 15 is 0 Å². The van der Waals surface area contributed by atoms with Crippen LogP contribution in [0.4, 0.5) is 4.39 Å². The number of halogens is 2. The third-order valence-electron chi connectivity index (χ3n) is 2.30. The van der Waals surface area contributed by atoms with Crippen molar-refractivity contribution in [2.75, 3.05) is 20.8 Å². The highest BCUT2D eigenvalue weighted by molar-refractivity contribution is 5.85. The fraction of sp³-hybridized carbons (Fsp3) is 0.333. The number of nitrogens with two attached hydrogens (primary N) is 1. The summed E-state index contributed by atoms with van der Waals surface area (Å²) in [6, 6.07) is 5.47. The number of hydrogen-bond acceptors (Lipinski definition) is 3. The Morgan fingerprint density at radius 2 is 1.94 bits per heavy atom. The lowest BCUT2D eigenvalue weighted by Gasteiger charge is -2.10. The minimum Gasteiger partial charge on any atom is -0.493 e. The van der Waals surface area contributed by atoms with Crippen molar-refractivity contribution in [1.82, 2.24) is 0 Å². The topological polar surface area (TPSA) is 44.5 Å². The van der Waals surface area contributed by atoms with Crippen LogP contribution in [0.1, 0.15) is 5.56 Å². The molecule has 1 rings (SSSR count). The molecule has 0 heterocycles. The lowest BCUT2D eigenvalue weighted by molar-refractivity contribution is 0.354. The molecule has 0 amide bonds. The molecular weight excluding hydrogens is 245 g/mol. The summed E-state index contributed by atoms with van der Waals surface area (Å²) in [6.07, 6.45) is 1.03. The van der Waals surface area contributed by atoms with Gasteiger partial charge in [0.25, 0.3) is 0 Å². The first-order valence-corrected chi connectivity index (χ1v) is 4.94. The molecule has 3 nitrogen and oxygen atoms in total. The molecule has 0 saturated heterocycles. The zero-order valence-corrected chi connectivity index (χ0v) is 10.7. The van der Waals surface area contributed by atoms with Crippen LogP contribution in [-0.4, -0.2) is 20.8 Å².